The van der Waals surface area contributed by atoms with Crippen molar-refractivity contribution in [3.8, 4) is 0 Å². The number of nitrogens with zero attached hydrogens (tertiary/aromatic N) is 4. The summed E-state index contributed by atoms with van der Waals surface area (Å²) in [5.41, 5.74) is 3.38. The Morgan fingerprint density at radius 1 is 1.09 bits per heavy atom. The lowest BCUT2D eigenvalue weighted by atomic mass is 9.91. The third-order valence-corrected chi connectivity index (χ3v) is 6.69. The second kappa shape index (κ2) is 12.2. The Bertz CT molecular complexity index is 1130. The van der Waals surface area contributed by atoms with Crippen LogP contribution in [0, 0.1) is 12.7 Å². The van der Waals surface area contributed by atoms with Crippen LogP contribution in [0.15, 0.2) is 27.5 Å². The number of piperidine rings is 1. The highest BCUT2D eigenvalue weighted by Crippen LogP contribution is 2.32. The van der Waals surface area contributed by atoms with Crippen molar-refractivity contribution in [2.45, 2.75) is 85.6 Å². The van der Waals surface area contributed by atoms with E-state index in [0.717, 1.165) is 92.9 Å². The van der Waals surface area contributed by atoms with Gasteiger partial charge >= 0.3 is 0 Å². The largest absolute Gasteiger partial charge is 0.356 e. The molecule has 3 aromatic rings. The second-order valence-corrected chi connectivity index (χ2v) is 8.58. The molecule has 2 aromatic heterocycles. The maximum Gasteiger partial charge on any atom is 0.256 e. The molecule has 0 unspecified atom stereocenters. The molecule has 0 aliphatic carbocycles. The van der Waals surface area contributed by atoms with Gasteiger partial charge in [0.2, 0.25) is 0 Å². The highest BCUT2D eigenvalue weighted by atomic mass is 19.1. The van der Waals surface area contributed by atoms with Gasteiger partial charge in [0.25, 0.3) is 5.56 Å². The maximum atomic E-state index is 13.4. The van der Waals surface area contributed by atoms with Crippen molar-refractivity contribution < 1.29 is 8.91 Å². The Labute approximate surface area is 202 Å². The average Bonchev–Trinajstić information content (AvgIpc) is 3.30. The zero-order valence-electron chi connectivity index (χ0n) is 21.4. The number of hydrogen-bond acceptors (Lipinski definition) is 5. The van der Waals surface area contributed by atoms with E-state index in [9.17, 15) is 9.18 Å². The molecule has 0 amide bonds. The molecule has 0 bridgehead atoms. The first kappa shape index (κ1) is 26.1. The first-order valence-corrected chi connectivity index (χ1v) is 13.0. The van der Waals surface area contributed by atoms with Gasteiger partial charge in [-0.1, -0.05) is 32.9 Å². The van der Waals surface area contributed by atoms with E-state index in [2.05, 4.69) is 10.1 Å². The molecule has 1 saturated heterocycles. The zero-order valence-corrected chi connectivity index (χ0v) is 21.4. The van der Waals surface area contributed by atoms with Gasteiger partial charge in [-0.15, -0.1) is 0 Å². The summed E-state index contributed by atoms with van der Waals surface area (Å²) >= 11 is 0. The molecule has 1 fully saturated rings. The molecule has 0 saturated carbocycles. The van der Waals surface area contributed by atoms with E-state index in [1.165, 1.54) is 12.1 Å². The lowest BCUT2D eigenvalue weighted by Gasteiger charge is -2.31. The predicted octanol–water partition coefficient (Wildman–Crippen LogP) is 5.64. The number of likely N-dealkylation sites (tertiary alicyclic amines) is 1. The number of aryl methyl sites for hydroxylation is 2. The number of hydrogen-bond donors (Lipinski definition) is 0. The average molecular weight is 471 g/mol. The van der Waals surface area contributed by atoms with Gasteiger partial charge in [-0.2, -0.15) is 0 Å². The molecule has 7 heteroatoms. The van der Waals surface area contributed by atoms with Gasteiger partial charge in [0.1, 0.15) is 11.6 Å². The first-order valence-electron chi connectivity index (χ1n) is 13.0. The smallest absolute Gasteiger partial charge is 0.256 e. The number of halogens is 1. The zero-order chi connectivity index (χ0) is 24.7. The minimum Gasteiger partial charge on any atom is -0.356 e. The van der Waals surface area contributed by atoms with Crippen molar-refractivity contribution in [3.63, 3.8) is 0 Å². The standard InChI is InChI=1S/C23H27FN4O2.2C2H6/c1-15-18(23(29)28-10-3-2-4-21(28)25-15)9-13-27-11-7-16(8-12-27)22-19-6-5-17(24)14-20(19)30-26-22;2*1-2/h5-6,14,16H,2-4,7-13H2,1H3;2*1-2H3. The summed E-state index contributed by atoms with van der Waals surface area (Å²) in [6.45, 7) is 13.6. The van der Waals surface area contributed by atoms with Crippen LogP contribution in [0.4, 0.5) is 4.39 Å². The SMILES string of the molecule is CC.CC.Cc1nc2n(c(=O)c1CCN1CCC(c3noc4cc(F)ccc34)CC1)CCCC2. The summed E-state index contributed by atoms with van der Waals surface area (Å²) in [5.74, 6) is 0.974. The molecule has 4 heterocycles. The Morgan fingerprint density at radius 2 is 1.82 bits per heavy atom. The van der Waals surface area contributed by atoms with Crippen LogP contribution in [-0.4, -0.2) is 39.2 Å². The van der Waals surface area contributed by atoms with Crippen LogP contribution in [0.2, 0.25) is 0 Å². The Morgan fingerprint density at radius 3 is 2.56 bits per heavy atom. The van der Waals surface area contributed by atoms with E-state index < -0.39 is 0 Å². The maximum absolute atomic E-state index is 13.4. The lowest BCUT2D eigenvalue weighted by molar-refractivity contribution is 0.211. The molecular weight excluding hydrogens is 431 g/mol. The van der Waals surface area contributed by atoms with E-state index in [4.69, 9.17) is 9.51 Å². The van der Waals surface area contributed by atoms with Crippen molar-refractivity contribution in [1.82, 2.24) is 19.6 Å². The quantitative estimate of drug-likeness (QED) is 0.494. The highest BCUT2D eigenvalue weighted by Gasteiger charge is 2.25. The Balaban J connectivity index is 0.000000771. The molecule has 0 atom stereocenters. The summed E-state index contributed by atoms with van der Waals surface area (Å²) in [6, 6.07) is 4.63. The Hall–Kier alpha value is -2.54. The van der Waals surface area contributed by atoms with Gasteiger partial charge in [-0.25, -0.2) is 9.37 Å². The van der Waals surface area contributed by atoms with Crippen molar-refractivity contribution >= 4 is 11.0 Å². The van der Waals surface area contributed by atoms with E-state index in [1.54, 1.807) is 6.07 Å². The monoisotopic (exact) mass is 470 g/mol. The molecule has 6 nitrogen and oxygen atoms in total. The van der Waals surface area contributed by atoms with Gasteiger partial charge in [-0.3, -0.25) is 9.36 Å². The molecule has 0 N–H and O–H groups in total. The first-order chi connectivity index (χ1) is 16.6. The predicted molar refractivity (Wildman–Crippen MR) is 135 cm³/mol. The van der Waals surface area contributed by atoms with E-state index in [-0.39, 0.29) is 11.4 Å². The lowest BCUT2D eigenvalue weighted by Crippen LogP contribution is -2.37. The van der Waals surface area contributed by atoms with E-state index in [0.29, 0.717) is 11.5 Å². The number of fused-ring (bicyclic) bond motifs is 2. The molecule has 2 aliphatic heterocycles. The van der Waals surface area contributed by atoms with Crippen LogP contribution in [0.5, 0.6) is 0 Å². The second-order valence-electron chi connectivity index (χ2n) is 8.58. The molecule has 34 heavy (non-hydrogen) atoms. The molecular formula is C27H39FN4O2. The van der Waals surface area contributed by atoms with Gasteiger partial charge < -0.3 is 9.42 Å². The minimum absolute atomic E-state index is 0.161. The molecule has 0 spiro atoms. The van der Waals surface area contributed by atoms with E-state index in [1.807, 2.05) is 39.2 Å². The Kier molecular flexibility index (Phi) is 9.39. The fraction of sp³-hybridized carbons (Fsp3) is 0.593. The van der Waals surface area contributed by atoms with Crippen LogP contribution in [0.1, 0.15) is 82.1 Å². The van der Waals surface area contributed by atoms with Crippen LogP contribution in [-0.2, 0) is 19.4 Å². The normalized spacial score (nSPS) is 16.3. The van der Waals surface area contributed by atoms with Crippen LogP contribution in [0.25, 0.3) is 11.0 Å². The van der Waals surface area contributed by atoms with Crippen LogP contribution < -0.4 is 5.56 Å². The number of benzene rings is 1. The van der Waals surface area contributed by atoms with Gasteiger partial charge in [0.05, 0.1) is 5.69 Å². The fourth-order valence-corrected chi connectivity index (χ4v) is 4.94. The molecule has 186 valence electrons. The highest BCUT2D eigenvalue weighted by molar-refractivity contribution is 5.79. The van der Waals surface area contributed by atoms with Gasteiger partial charge in [0.15, 0.2) is 5.58 Å². The third-order valence-electron chi connectivity index (χ3n) is 6.69. The summed E-state index contributed by atoms with van der Waals surface area (Å²) < 4.78 is 20.6. The topological polar surface area (TPSA) is 64.2 Å². The van der Waals surface area contributed by atoms with E-state index >= 15 is 0 Å². The summed E-state index contributed by atoms with van der Waals surface area (Å²) in [6.07, 6.45) is 5.81. The van der Waals surface area contributed by atoms with Crippen molar-refractivity contribution in [1.29, 1.82) is 0 Å². The number of aromatic nitrogens is 3. The molecule has 5 rings (SSSR count). The van der Waals surface area contributed by atoms with Crippen molar-refractivity contribution in [3.05, 3.63) is 57.1 Å². The molecule has 0 radical (unpaired) electrons. The minimum atomic E-state index is -0.303. The fourth-order valence-electron chi connectivity index (χ4n) is 4.94. The van der Waals surface area contributed by atoms with Crippen LogP contribution >= 0.6 is 0 Å². The van der Waals surface area contributed by atoms with Gasteiger partial charge in [0, 0.05) is 48.1 Å². The molecule has 1 aromatic carbocycles. The number of rotatable bonds is 4. The van der Waals surface area contributed by atoms with Crippen LogP contribution in [0.3, 0.4) is 0 Å². The molecule has 2 aliphatic rings. The summed E-state index contributed by atoms with van der Waals surface area (Å²) in [5, 5.41) is 5.15. The summed E-state index contributed by atoms with van der Waals surface area (Å²) in [4.78, 5) is 20.1. The van der Waals surface area contributed by atoms with Crippen molar-refractivity contribution in [2.75, 3.05) is 19.6 Å². The van der Waals surface area contributed by atoms with Gasteiger partial charge in [-0.05, 0) is 64.3 Å². The van der Waals surface area contributed by atoms with Crippen molar-refractivity contribution in [2.24, 2.45) is 0 Å². The third kappa shape index (κ3) is 5.57. The summed E-state index contributed by atoms with van der Waals surface area (Å²) in [7, 11) is 0.